The number of nitrogens with one attached hydrogen (secondary N) is 1. The van der Waals surface area contributed by atoms with Gasteiger partial charge in [0.25, 0.3) is 5.91 Å². The molecule has 1 amide bonds. The van der Waals surface area contributed by atoms with Crippen LogP contribution in [-0.4, -0.2) is 12.5 Å². The summed E-state index contributed by atoms with van der Waals surface area (Å²) in [5.74, 6) is 0.808. The van der Waals surface area contributed by atoms with Gasteiger partial charge in [-0.05, 0) is 52.8 Å². The molecule has 4 nitrogen and oxygen atoms in total. The Morgan fingerprint density at radius 3 is 2.25 bits per heavy atom. The van der Waals surface area contributed by atoms with Crippen molar-refractivity contribution in [3.8, 4) is 22.9 Å². The lowest BCUT2D eigenvalue weighted by Crippen LogP contribution is -2.34. The molecule has 0 fully saturated rings. The first kappa shape index (κ1) is 19.7. The fourth-order valence-corrected chi connectivity index (χ4v) is 3.83. The van der Waals surface area contributed by atoms with Crippen LogP contribution in [-0.2, 0) is 4.79 Å². The molecule has 3 aromatic rings. The summed E-state index contributed by atoms with van der Waals surface area (Å²) in [6, 6.07) is 21.1. The summed E-state index contributed by atoms with van der Waals surface area (Å²) in [5.41, 5.74) is 2.69. The van der Waals surface area contributed by atoms with Crippen molar-refractivity contribution in [1.29, 1.82) is 5.26 Å². The number of nitrogens with zero attached hydrogens (tertiary/aromatic N) is 1. The Hall–Kier alpha value is -3.10. The van der Waals surface area contributed by atoms with Crippen molar-refractivity contribution >= 4 is 17.2 Å². The van der Waals surface area contributed by atoms with Crippen LogP contribution in [0.25, 0.3) is 11.1 Å². The molecule has 0 aliphatic carbocycles. The lowest BCUT2D eigenvalue weighted by atomic mass is 10.0. The first-order valence-electron chi connectivity index (χ1n) is 9.13. The van der Waals surface area contributed by atoms with Crippen molar-refractivity contribution < 1.29 is 9.53 Å². The molecule has 28 heavy (non-hydrogen) atoms. The van der Waals surface area contributed by atoms with Crippen molar-refractivity contribution in [1.82, 2.24) is 5.32 Å². The number of carbonyl (C=O) groups excluding carboxylic acids is 1. The fourth-order valence-electron chi connectivity index (χ4n) is 2.88. The molecule has 1 N–H and O–H groups in total. The Labute approximate surface area is 169 Å². The van der Waals surface area contributed by atoms with E-state index < -0.39 is 0 Å². The van der Waals surface area contributed by atoms with Crippen LogP contribution in [0.2, 0.25) is 0 Å². The highest BCUT2D eigenvalue weighted by atomic mass is 32.1. The number of benzene rings is 2. The highest BCUT2D eigenvalue weighted by molar-refractivity contribution is 7.10. The number of carbonyl (C=O) groups is 1. The van der Waals surface area contributed by atoms with Crippen LogP contribution >= 0.6 is 11.3 Å². The summed E-state index contributed by atoms with van der Waals surface area (Å²) in [7, 11) is 0. The maximum absolute atomic E-state index is 12.3. The van der Waals surface area contributed by atoms with Gasteiger partial charge in [-0.1, -0.05) is 44.2 Å². The Morgan fingerprint density at radius 1 is 1.07 bits per heavy atom. The maximum atomic E-state index is 12.3. The first-order valence-corrected chi connectivity index (χ1v) is 10.0. The van der Waals surface area contributed by atoms with E-state index in [1.165, 1.54) is 0 Å². The van der Waals surface area contributed by atoms with E-state index >= 15 is 0 Å². The van der Waals surface area contributed by atoms with Crippen LogP contribution < -0.4 is 10.1 Å². The van der Waals surface area contributed by atoms with E-state index in [4.69, 9.17) is 10.00 Å². The molecule has 2 aromatic carbocycles. The zero-order chi connectivity index (χ0) is 19.9. The van der Waals surface area contributed by atoms with E-state index in [2.05, 4.69) is 25.2 Å². The van der Waals surface area contributed by atoms with E-state index in [-0.39, 0.29) is 18.6 Å². The predicted molar refractivity (Wildman–Crippen MR) is 112 cm³/mol. The average Bonchev–Trinajstić information content (AvgIpc) is 3.25. The molecule has 0 saturated heterocycles. The van der Waals surface area contributed by atoms with Crippen LogP contribution in [0.4, 0.5) is 0 Å². The number of ether oxygens (including phenoxy) is 1. The molecule has 1 atom stereocenters. The van der Waals surface area contributed by atoms with E-state index in [1.807, 2.05) is 53.9 Å². The zero-order valence-electron chi connectivity index (χ0n) is 15.9. The molecule has 5 heteroatoms. The third-order valence-electron chi connectivity index (χ3n) is 4.40. The fraction of sp³-hybridized carbons (Fsp3) is 0.217. The third kappa shape index (κ3) is 4.99. The van der Waals surface area contributed by atoms with Crippen LogP contribution in [0, 0.1) is 17.2 Å². The quantitative estimate of drug-likeness (QED) is 0.605. The molecule has 1 heterocycles. The lowest BCUT2D eigenvalue weighted by Gasteiger charge is -2.21. The molecular weight excluding hydrogens is 368 g/mol. The molecule has 0 bridgehead atoms. The zero-order valence-corrected chi connectivity index (χ0v) is 16.7. The summed E-state index contributed by atoms with van der Waals surface area (Å²) >= 11 is 1.64. The molecule has 3 rings (SSSR count). The van der Waals surface area contributed by atoms with Gasteiger partial charge in [0, 0.05) is 4.88 Å². The van der Waals surface area contributed by atoms with Crippen molar-refractivity contribution in [3.63, 3.8) is 0 Å². The number of amides is 1. The van der Waals surface area contributed by atoms with Crippen LogP contribution in [0.5, 0.6) is 5.75 Å². The summed E-state index contributed by atoms with van der Waals surface area (Å²) < 4.78 is 5.64. The van der Waals surface area contributed by atoms with E-state index in [0.29, 0.717) is 17.2 Å². The highest BCUT2D eigenvalue weighted by Gasteiger charge is 2.19. The molecular formula is C23H22N2O2S. The van der Waals surface area contributed by atoms with Gasteiger partial charge in [-0.15, -0.1) is 11.3 Å². The minimum atomic E-state index is -0.136. The lowest BCUT2D eigenvalue weighted by molar-refractivity contribution is -0.124. The number of rotatable bonds is 7. The van der Waals surface area contributed by atoms with Gasteiger partial charge in [-0.2, -0.15) is 5.26 Å². The Morgan fingerprint density at radius 2 is 1.71 bits per heavy atom. The summed E-state index contributed by atoms with van der Waals surface area (Å²) in [6.07, 6.45) is 0. The number of nitriles is 1. The number of hydrogen-bond acceptors (Lipinski definition) is 4. The van der Waals surface area contributed by atoms with Crippen molar-refractivity contribution in [2.45, 2.75) is 19.9 Å². The standard InChI is InChI=1S/C23H22N2O2S/c1-16(2)23(21-4-3-13-28-21)25-22(26)15-27-20-11-9-19(10-12-20)18-7-5-17(14-24)6-8-18/h3-13,16,23H,15H2,1-2H3,(H,25,26). The van der Waals surface area contributed by atoms with Gasteiger partial charge in [0.1, 0.15) is 5.75 Å². The smallest absolute Gasteiger partial charge is 0.258 e. The van der Waals surface area contributed by atoms with Gasteiger partial charge < -0.3 is 10.1 Å². The molecule has 1 unspecified atom stereocenters. The first-order chi connectivity index (χ1) is 13.6. The molecule has 142 valence electrons. The number of hydrogen-bond donors (Lipinski definition) is 1. The average molecular weight is 391 g/mol. The third-order valence-corrected chi connectivity index (χ3v) is 5.36. The van der Waals surface area contributed by atoms with Gasteiger partial charge in [-0.25, -0.2) is 0 Å². The van der Waals surface area contributed by atoms with Gasteiger partial charge in [-0.3, -0.25) is 4.79 Å². The predicted octanol–water partition coefficient (Wildman–Crippen LogP) is 5.18. The second-order valence-electron chi connectivity index (χ2n) is 6.81. The van der Waals surface area contributed by atoms with Gasteiger partial charge in [0.2, 0.25) is 0 Å². The highest BCUT2D eigenvalue weighted by Crippen LogP contribution is 2.26. The van der Waals surface area contributed by atoms with Gasteiger partial charge in [0.05, 0.1) is 17.7 Å². The summed E-state index contributed by atoms with van der Waals surface area (Å²) in [6.45, 7) is 4.16. The maximum Gasteiger partial charge on any atom is 0.258 e. The van der Waals surface area contributed by atoms with E-state index in [9.17, 15) is 4.79 Å². The normalized spacial score (nSPS) is 11.6. The monoisotopic (exact) mass is 390 g/mol. The molecule has 0 radical (unpaired) electrons. The SMILES string of the molecule is CC(C)C(NC(=O)COc1ccc(-c2ccc(C#N)cc2)cc1)c1cccs1. The molecule has 1 aromatic heterocycles. The summed E-state index contributed by atoms with van der Waals surface area (Å²) in [5, 5.41) is 14.0. The van der Waals surface area contributed by atoms with Crippen molar-refractivity contribution in [2.24, 2.45) is 5.92 Å². The van der Waals surface area contributed by atoms with Crippen molar-refractivity contribution in [3.05, 3.63) is 76.5 Å². The molecule has 0 aliphatic rings. The Balaban J connectivity index is 1.57. The van der Waals surface area contributed by atoms with Crippen molar-refractivity contribution in [2.75, 3.05) is 6.61 Å². The van der Waals surface area contributed by atoms with Crippen LogP contribution in [0.1, 0.15) is 30.3 Å². The van der Waals surface area contributed by atoms with E-state index in [1.54, 1.807) is 23.5 Å². The Kier molecular flexibility index (Phi) is 6.46. The number of thiophene rings is 1. The largest absolute Gasteiger partial charge is 0.484 e. The van der Waals surface area contributed by atoms with Gasteiger partial charge in [0.15, 0.2) is 6.61 Å². The second-order valence-corrected chi connectivity index (χ2v) is 7.79. The second kappa shape index (κ2) is 9.20. The summed E-state index contributed by atoms with van der Waals surface area (Å²) in [4.78, 5) is 13.5. The minimum absolute atomic E-state index is 0.00476. The molecule has 0 spiro atoms. The Bertz CT molecular complexity index is 940. The molecule has 0 saturated carbocycles. The topological polar surface area (TPSA) is 62.1 Å². The minimum Gasteiger partial charge on any atom is -0.484 e. The van der Waals surface area contributed by atoms with Crippen LogP contribution in [0.15, 0.2) is 66.0 Å². The van der Waals surface area contributed by atoms with Crippen LogP contribution in [0.3, 0.4) is 0 Å². The van der Waals surface area contributed by atoms with E-state index in [0.717, 1.165) is 16.0 Å². The van der Waals surface area contributed by atoms with Gasteiger partial charge >= 0.3 is 0 Å². The molecule has 0 aliphatic heterocycles.